The summed E-state index contributed by atoms with van der Waals surface area (Å²) in [5.74, 6) is -0.529. The number of fused-ring (bicyclic) bond motifs is 2. The Kier molecular flexibility index (Phi) is 3.62. The summed E-state index contributed by atoms with van der Waals surface area (Å²) in [6, 6.07) is 12.2. The predicted molar refractivity (Wildman–Crippen MR) is 90.3 cm³/mol. The molecule has 0 bridgehead atoms. The van der Waals surface area contributed by atoms with Crippen LogP contribution < -0.4 is 5.32 Å². The first-order chi connectivity index (χ1) is 11.7. The van der Waals surface area contributed by atoms with Gasteiger partial charge in [0.2, 0.25) is 0 Å². The van der Waals surface area contributed by atoms with Gasteiger partial charge in [0.05, 0.1) is 15.7 Å². The van der Waals surface area contributed by atoms with E-state index in [1.54, 1.807) is 23.7 Å². The average molecular weight is 336 g/mol. The Labute approximate surface area is 141 Å². The number of aromatic nitrogens is 1. The van der Waals surface area contributed by atoms with Crippen LogP contribution in [0.4, 0.5) is 0 Å². The first-order valence-electron chi connectivity index (χ1n) is 7.38. The lowest BCUT2D eigenvalue weighted by atomic mass is 9.99. The molecule has 0 spiro atoms. The number of carbonyl (C=O) groups excluding carboxylic acids is 2. The Bertz CT molecular complexity index is 979. The molecule has 4 rings (SSSR count). The summed E-state index contributed by atoms with van der Waals surface area (Å²) in [7, 11) is 0. The maximum absolute atomic E-state index is 12.4. The number of azo groups is 1. The molecule has 1 aromatic heterocycles. The zero-order valence-electron chi connectivity index (χ0n) is 12.5. The lowest BCUT2D eigenvalue weighted by molar-refractivity contribution is 0.0950. The molecule has 1 aliphatic rings. The van der Waals surface area contributed by atoms with Gasteiger partial charge in [-0.1, -0.05) is 18.2 Å². The highest BCUT2D eigenvalue weighted by molar-refractivity contribution is 7.16. The second-order valence-corrected chi connectivity index (χ2v) is 6.25. The molecule has 0 aliphatic carbocycles. The second-order valence-electron chi connectivity index (χ2n) is 5.37. The fourth-order valence-electron chi connectivity index (χ4n) is 2.66. The van der Waals surface area contributed by atoms with Gasteiger partial charge in [-0.05, 0) is 29.8 Å². The third kappa shape index (κ3) is 2.59. The molecule has 1 N–H and O–H groups in total. The fourth-order valence-corrected chi connectivity index (χ4v) is 3.38. The van der Waals surface area contributed by atoms with E-state index in [2.05, 4.69) is 20.5 Å². The van der Waals surface area contributed by atoms with Crippen molar-refractivity contribution in [3.8, 4) is 0 Å². The third-order valence-corrected chi connectivity index (χ3v) is 4.68. The number of rotatable bonds is 3. The van der Waals surface area contributed by atoms with E-state index in [-0.39, 0.29) is 24.4 Å². The minimum atomic E-state index is -0.352. The quantitative estimate of drug-likeness (QED) is 0.796. The largest absolute Gasteiger partial charge is 0.349 e. The highest BCUT2D eigenvalue weighted by Gasteiger charge is 2.23. The van der Waals surface area contributed by atoms with Crippen molar-refractivity contribution in [1.82, 2.24) is 10.3 Å². The molecule has 118 valence electrons. The maximum Gasteiger partial charge on any atom is 0.295 e. The van der Waals surface area contributed by atoms with Crippen LogP contribution >= 0.6 is 11.3 Å². The summed E-state index contributed by atoms with van der Waals surface area (Å²) in [4.78, 5) is 28.3. The lowest BCUT2D eigenvalue weighted by Crippen LogP contribution is -2.29. The van der Waals surface area contributed by atoms with Crippen molar-refractivity contribution >= 4 is 33.4 Å². The highest BCUT2D eigenvalue weighted by Crippen LogP contribution is 2.26. The lowest BCUT2D eigenvalue weighted by Gasteiger charge is -2.18. The molecule has 3 aromatic rings. The monoisotopic (exact) mass is 336 g/mol. The van der Waals surface area contributed by atoms with E-state index < -0.39 is 0 Å². The van der Waals surface area contributed by atoms with Crippen molar-refractivity contribution in [3.63, 3.8) is 0 Å². The maximum atomic E-state index is 12.4. The first kappa shape index (κ1) is 14.6. The zero-order valence-corrected chi connectivity index (χ0v) is 13.3. The Morgan fingerprint density at radius 1 is 1.21 bits per heavy atom. The van der Waals surface area contributed by atoms with E-state index in [1.165, 1.54) is 11.3 Å². The molecular formula is C17H12N4O2S. The van der Waals surface area contributed by atoms with Crippen LogP contribution in [-0.2, 0) is 0 Å². The Morgan fingerprint density at radius 3 is 3.00 bits per heavy atom. The molecule has 0 saturated heterocycles. The van der Waals surface area contributed by atoms with Gasteiger partial charge in [-0.25, -0.2) is 4.98 Å². The number of amides is 2. The van der Waals surface area contributed by atoms with Gasteiger partial charge in [0.15, 0.2) is 0 Å². The molecule has 0 radical (unpaired) electrons. The van der Waals surface area contributed by atoms with E-state index >= 15 is 0 Å². The predicted octanol–water partition coefficient (Wildman–Crippen LogP) is 3.37. The van der Waals surface area contributed by atoms with Crippen LogP contribution in [0.15, 0.2) is 58.2 Å². The summed E-state index contributed by atoms with van der Waals surface area (Å²) in [6.07, 6.45) is 0. The number of carbonyl (C=O) groups is 2. The van der Waals surface area contributed by atoms with E-state index in [0.717, 1.165) is 15.8 Å². The smallest absolute Gasteiger partial charge is 0.295 e. The van der Waals surface area contributed by atoms with Crippen molar-refractivity contribution in [3.05, 3.63) is 64.7 Å². The summed E-state index contributed by atoms with van der Waals surface area (Å²) in [6.45, 7) is 0.285. The van der Waals surface area contributed by atoms with Crippen LogP contribution in [0.1, 0.15) is 32.3 Å². The number of thiazole rings is 1. The topological polar surface area (TPSA) is 83.8 Å². The first-order valence-corrected chi connectivity index (χ1v) is 8.26. The summed E-state index contributed by atoms with van der Waals surface area (Å²) in [5.41, 5.74) is 4.53. The molecule has 1 unspecified atom stereocenters. The van der Waals surface area contributed by atoms with Gasteiger partial charge in [-0.15, -0.1) is 16.5 Å². The minimum absolute atomic E-state index is 0.185. The van der Waals surface area contributed by atoms with Crippen LogP contribution in [0.25, 0.3) is 10.2 Å². The van der Waals surface area contributed by atoms with Gasteiger partial charge in [0.25, 0.3) is 11.8 Å². The number of benzene rings is 2. The van der Waals surface area contributed by atoms with Crippen molar-refractivity contribution in [2.45, 2.75) is 6.04 Å². The van der Waals surface area contributed by atoms with Crippen LogP contribution in [0.2, 0.25) is 0 Å². The molecule has 2 heterocycles. The normalized spacial score (nSPS) is 16.2. The van der Waals surface area contributed by atoms with Gasteiger partial charge in [0.1, 0.15) is 6.04 Å². The number of nitrogens with one attached hydrogen (secondary N) is 1. The van der Waals surface area contributed by atoms with Gasteiger partial charge in [0, 0.05) is 17.7 Å². The summed E-state index contributed by atoms with van der Waals surface area (Å²) < 4.78 is 0.968. The molecule has 6 nitrogen and oxygen atoms in total. The Hall–Kier alpha value is -2.93. The number of nitrogens with zero attached hydrogens (tertiary/aromatic N) is 3. The minimum Gasteiger partial charge on any atom is -0.349 e. The molecule has 1 aliphatic heterocycles. The van der Waals surface area contributed by atoms with E-state index in [9.17, 15) is 9.59 Å². The van der Waals surface area contributed by atoms with Gasteiger partial charge < -0.3 is 5.32 Å². The molecule has 0 fully saturated rings. The number of hydrogen-bond acceptors (Lipinski definition) is 5. The highest BCUT2D eigenvalue weighted by atomic mass is 32.1. The van der Waals surface area contributed by atoms with Gasteiger partial charge in [-0.3, -0.25) is 9.59 Å². The van der Waals surface area contributed by atoms with E-state index in [4.69, 9.17) is 0 Å². The molecular weight excluding hydrogens is 324 g/mol. The average Bonchev–Trinajstić information content (AvgIpc) is 3.09. The second kappa shape index (κ2) is 5.93. The fraction of sp³-hybridized carbons (Fsp3) is 0.118. The molecule has 7 heteroatoms. The third-order valence-electron chi connectivity index (χ3n) is 3.89. The standard InChI is InChI=1S/C17H12N4O2S/c22-16(10-5-6-13-15(7-10)24-9-19-13)18-8-14-11-3-1-2-4-12(11)17(23)21-20-14/h1-7,9,14H,8H2,(H,18,22). The summed E-state index contributed by atoms with van der Waals surface area (Å²) in [5, 5.41) is 10.5. The Morgan fingerprint density at radius 2 is 2.08 bits per heavy atom. The Balaban J connectivity index is 1.51. The molecule has 2 amide bonds. The SMILES string of the molecule is O=C(NCC1N=NC(=O)c2ccccc21)c1ccc2ncsc2c1. The van der Waals surface area contributed by atoms with Crippen LogP contribution in [0, 0.1) is 0 Å². The van der Waals surface area contributed by atoms with Gasteiger partial charge in [-0.2, -0.15) is 5.11 Å². The van der Waals surface area contributed by atoms with Crippen molar-refractivity contribution in [2.75, 3.05) is 6.54 Å². The zero-order chi connectivity index (χ0) is 16.5. The molecule has 24 heavy (non-hydrogen) atoms. The molecule has 2 aromatic carbocycles. The van der Waals surface area contributed by atoms with Crippen LogP contribution in [0.5, 0.6) is 0 Å². The van der Waals surface area contributed by atoms with Crippen LogP contribution in [0.3, 0.4) is 0 Å². The molecule has 0 saturated carbocycles. The van der Waals surface area contributed by atoms with Crippen molar-refractivity contribution < 1.29 is 9.59 Å². The summed E-state index contributed by atoms with van der Waals surface area (Å²) >= 11 is 1.49. The van der Waals surface area contributed by atoms with Crippen LogP contribution in [-0.4, -0.2) is 23.3 Å². The van der Waals surface area contributed by atoms with Crippen molar-refractivity contribution in [1.29, 1.82) is 0 Å². The van der Waals surface area contributed by atoms with E-state index in [0.29, 0.717) is 11.1 Å². The van der Waals surface area contributed by atoms with Gasteiger partial charge >= 0.3 is 0 Å². The van der Waals surface area contributed by atoms with Crippen molar-refractivity contribution in [2.24, 2.45) is 10.2 Å². The number of hydrogen-bond donors (Lipinski definition) is 1. The van der Waals surface area contributed by atoms with E-state index in [1.807, 2.05) is 24.3 Å². The molecule has 1 atom stereocenters.